The molecule has 0 saturated carbocycles. The van der Waals surface area contributed by atoms with Crippen molar-refractivity contribution < 1.29 is 14.7 Å². The summed E-state index contributed by atoms with van der Waals surface area (Å²) >= 11 is 1.52. The van der Waals surface area contributed by atoms with E-state index in [4.69, 9.17) is 0 Å². The number of thioether (sulfide) groups is 1. The van der Waals surface area contributed by atoms with Crippen molar-refractivity contribution in [2.24, 2.45) is 0 Å². The van der Waals surface area contributed by atoms with Crippen LogP contribution in [0.15, 0.2) is 30.3 Å². The molecule has 0 aliphatic rings. The van der Waals surface area contributed by atoms with Gasteiger partial charge in [-0.3, -0.25) is 4.79 Å². The Morgan fingerprint density at radius 1 is 1.29 bits per heavy atom. The summed E-state index contributed by atoms with van der Waals surface area (Å²) in [5, 5.41) is 11.8. The van der Waals surface area contributed by atoms with E-state index in [-0.39, 0.29) is 5.91 Å². The number of nitrogens with one attached hydrogen (secondary N) is 1. The number of aliphatic carboxylic acids is 1. The molecular weight excluding hydrogens is 286 g/mol. The van der Waals surface area contributed by atoms with Crippen LogP contribution in [-0.2, 0) is 16.0 Å². The Morgan fingerprint density at radius 3 is 2.52 bits per heavy atom. The topological polar surface area (TPSA) is 66.4 Å². The highest BCUT2D eigenvalue weighted by atomic mass is 32.2. The molecule has 1 aromatic carbocycles. The minimum absolute atomic E-state index is 0.216. The molecule has 0 aliphatic heterocycles. The second-order valence-electron chi connectivity index (χ2n) is 5.22. The molecule has 1 rings (SSSR count). The Balaban J connectivity index is 2.32. The molecule has 1 aromatic rings. The van der Waals surface area contributed by atoms with Crippen molar-refractivity contribution in [2.45, 2.75) is 38.6 Å². The van der Waals surface area contributed by atoms with Crippen LogP contribution in [0.4, 0.5) is 0 Å². The summed E-state index contributed by atoms with van der Waals surface area (Å²) in [5.41, 5.74) is 0.0815. The fourth-order valence-electron chi connectivity index (χ4n) is 2.07. The van der Waals surface area contributed by atoms with Crippen molar-refractivity contribution in [1.82, 2.24) is 5.32 Å². The van der Waals surface area contributed by atoms with E-state index >= 15 is 0 Å². The number of benzene rings is 1. The first-order valence-corrected chi connectivity index (χ1v) is 8.29. The Bertz CT molecular complexity index is 464. The van der Waals surface area contributed by atoms with Crippen LogP contribution in [0.25, 0.3) is 0 Å². The maximum Gasteiger partial charge on any atom is 0.329 e. The lowest BCUT2D eigenvalue weighted by Crippen LogP contribution is -2.52. The van der Waals surface area contributed by atoms with Crippen molar-refractivity contribution in [1.29, 1.82) is 0 Å². The Morgan fingerprint density at radius 2 is 1.95 bits per heavy atom. The molecule has 0 heterocycles. The van der Waals surface area contributed by atoms with Crippen molar-refractivity contribution in [3.63, 3.8) is 0 Å². The van der Waals surface area contributed by atoms with Crippen LogP contribution >= 0.6 is 11.8 Å². The molecule has 0 spiro atoms. The molecule has 5 heteroatoms. The van der Waals surface area contributed by atoms with E-state index in [2.05, 4.69) is 17.4 Å². The molecular formula is C16H23NO3S. The molecule has 0 saturated heterocycles. The van der Waals surface area contributed by atoms with Gasteiger partial charge in [-0.15, -0.1) is 0 Å². The normalized spacial score (nSPS) is 13.4. The second kappa shape index (κ2) is 8.72. The summed E-state index contributed by atoms with van der Waals surface area (Å²) in [5.74, 6) is -0.0626. The molecule has 1 atom stereocenters. The maximum absolute atomic E-state index is 11.9. The van der Waals surface area contributed by atoms with E-state index in [1.165, 1.54) is 17.3 Å². The molecule has 4 nitrogen and oxygen atoms in total. The van der Waals surface area contributed by atoms with E-state index < -0.39 is 11.5 Å². The molecule has 116 valence electrons. The van der Waals surface area contributed by atoms with Gasteiger partial charge in [0.05, 0.1) is 5.75 Å². The number of amides is 1. The third-order valence-electron chi connectivity index (χ3n) is 3.25. The van der Waals surface area contributed by atoms with Gasteiger partial charge in [0, 0.05) is 0 Å². The van der Waals surface area contributed by atoms with Gasteiger partial charge in [-0.2, -0.15) is 11.8 Å². The summed E-state index contributed by atoms with van der Waals surface area (Å²) in [6.45, 7) is 3.47. The number of rotatable bonds is 9. The SMILES string of the molecule is CCCC(C)(NC(=O)CSCCc1ccccc1)C(=O)O. The molecule has 2 N–H and O–H groups in total. The summed E-state index contributed by atoms with van der Waals surface area (Å²) in [6.07, 6.45) is 2.05. The minimum atomic E-state index is -1.16. The highest BCUT2D eigenvalue weighted by molar-refractivity contribution is 7.99. The van der Waals surface area contributed by atoms with Gasteiger partial charge in [-0.1, -0.05) is 43.7 Å². The first-order valence-electron chi connectivity index (χ1n) is 7.14. The molecule has 0 fully saturated rings. The highest BCUT2D eigenvalue weighted by Gasteiger charge is 2.33. The third kappa shape index (κ3) is 6.21. The summed E-state index contributed by atoms with van der Waals surface area (Å²) in [4.78, 5) is 23.1. The Hall–Kier alpha value is -1.49. The van der Waals surface area contributed by atoms with Crippen LogP contribution in [0.2, 0.25) is 0 Å². The lowest BCUT2D eigenvalue weighted by atomic mass is 9.96. The molecule has 0 aromatic heterocycles. The number of aryl methyl sites for hydroxylation is 1. The predicted molar refractivity (Wildman–Crippen MR) is 86.6 cm³/mol. The van der Waals surface area contributed by atoms with E-state index in [1.807, 2.05) is 25.1 Å². The monoisotopic (exact) mass is 309 g/mol. The van der Waals surface area contributed by atoms with Crippen molar-refractivity contribution in [3.8, 4) is 0 Å². The van der Waals surface area contributed by atoms with E-state index in [0.717, 1.165) is 12.2 Å². The summed E-state index contributed by atoms with van der Waals surface area (Å²) in [6, 6.07) is 10.1. The van der Waals surface area contributed by atoms with Crippen LogP contribution in [-0.4, -0.2) is 34.0 Å². The van der Waals surface area contributed by atoms with Crippen LogP contribution in [0.3, 0.4) is 0 Å². The number of hydrogen-bond donors (Lipinski definition) is 2. The lowest BCUT2D eigenvalue weighted by Gasteiger charge is -2.25. The number of carbonyl (C=O) groups excluding carboxylic acids is 1. The largest absolute Gasteiger partial charge is 0.480 e. The second-order valence-corrected chi connectivity index (χ2v) is 6.33. The highest BCUT2D eigenvalue weighted by Crippen LogP contribution is 2.13. The summed E-state index contributed by atoms with van der Waals surface area (Å²) < 4.78 is 0. The van der Waals surface area contributed by atoms with Gasteiger partial charge in [0.2, 0.25) is 5.91 Å². The first-order chi connectivity index (χ1) is 9.98. The maximum atomic E-state index is 11.9. The average molecular weight is 309 g/mol. The Kier molecular flexibility index (Phi) is 7.29. The van der Waals surface area contributed by atoms with E-state index in [9.17, 15) is 14.7 Å². The van der Waals surface area contributed by atoms with E-state index in [1.54, 1.807) is 6.92 Å². The number of carboxylic acids is 1. The Labute approximate surface area is 130 Å². The van der Waals surface area contributed by atoms with E-state index in [0.29, 0.717) is 18.6 Å². The zero-order chi connectivity index (χ0) is 15.7. The molecule has 21 heavy (non-hydrogen) atoms. The van der Waals surface area contributed by atoms with Gasteiger partial charge in [-0.25, -0.2) is 4.79 Å². The number of carboxylic acid groups (broad SMARTS) is 1. The van der Waals surface area contributed by atoms with Crippen LogP contribution in [0.1, 0.15) is 32.3 Å². The first kappa shape index (κ1) is 17.6. The van der Waals surface area contributed by atoms with Gasteiger partial charge in [-0.05, 0) is 31.1 Å². The van der Waals surface area contributed by atoms with Crippen molar-refractivity contribution >= 4 is 23.6 Å². The van der Waals surface area contributed by atoms with Gasteiger partial charge >= 0.3 is 5.97 Å². The van der Waals surface area contributed by atoms with Crippen LogP contribution in [0.5, 0.6) is 0 Å². The number of hydrogen-bond acceptors (Lipinski definition) is 3. The fraction of sp³-hybridized carbons (Fsp3) is 0.500. The lowest BCUT2D eigenvalue weighted by molar-refractivity contribution is -0.146. The van der Waals surface area contributed by atoms with Crippen LogP contribution < -0.4 is 5.32 Å². The quantitative estimate of drug-likeness (QED) is 0.688. The molecule has 0 radical (unpaired) electrons. The standard InChI is InChI=1S/C16H23NO3S/c1-3-10-16(2,15(19)20)17-14(18)12-21-11-9-13-7-5-4-6-8-13/h4-8H,3,9-12H2,1-2H3,(H,17,18)(H,19,20). The average Bonchev–Trinajstić information content (AvgIpc) is 2.45. The van der Waals surface area contributed by atoms with Gasteiger partial charge in [0.1, 0.15) is 5.54 Å². The van der Waals surface area contributed by atoms with Gasteiger partial charge < -0.3 is 10.4 Å². The van der Waals surface area contributed by atoms with Crippen molar-refractivity contribution in [3.05, 3.63) is 35.9 Å². The van der Waals surface area contributed by atoms with Crippen LogP contribution in [0, 0.1) is 0 Å². The molecule has 0 bridgehead atoms. The third-order valence-corrected chi connectivity index (χ3v) is 4.21. The molecule has 1 amide bonds. The predicted octanol–water partition coefficient (Wildman–Crippen LogP) is 2.72. The molecule has 0 aliphatic carbocycles. The van der Waals surface area contributed by atoms with Crippen molar-refractivity contribution in [2.75, 3.05) is 11.5 Å². The minimum Gasteiger partial charge on any atom is -0.480 e. The summed E-state index contributed by atoms with van der Waals surface area (Å²) in [7, 11) is 0. The zero-order valence-corrected chi connectivity index (χ0v) is 13.4. The number of carbonyl (C=O) groups is 2. The smallest absolute Gasteiger partial charge is 0.329 e. The van der Waals surface area contributed by atoms with Gasteiger partial charge in [0.25, 0.3) is 0 Å². The fourth-order valence-corrected chi connectivity index (χ4v) is 2.85. The zero-order valence-electron chi connectivity index (χ0n) is 12.6. The molecule has 1 unspecified atom stereocenters. The van der Waals surface area contributed by atoms with Gasteiger partial charge in [0.15, 0.2) is 0 Å².